The zero-order valence-corrected chi connectivity index (χ0v) is 5.24. The molecule has 1 aliphatic rings. The average Bonchev–Trinajstić information content (AvgIpc) is 1.82. The van der Waals surface area contributed by atoms with Gasteiger partial charge in [-0.3, -0.25) is 9.47 Å². The van der Waals surface area contributed by atoms with E-state index in [9.17, 15) is 26.3 Å². The van der Waals surface area contributed by atoms with Crippen molar-refractivity contribution in [3.8, 4) is 0 Å². The molecule has 72 valence electrons. The Kier molecular flexibility index (Phi) is 1.99. The second kappa shape index (κ2) is 2.49. The van der Waals surface area contributed by atoms with Crippen LogP contribution in [0.1, 0.15) is 0 Å². The van der Waals surface area contributed by atoms with E-state index < -0.39 is 24.9 Å². The first-order chi connectivity index (χ1) is 5.26. The Morgan fingerprint density at radius 3 is 1.25 bits per heavy atom. The smallest absolute Gasteiger partial charge is 0.273 e. The van der Waals surface area contributed by atoms with Gasteiger partial charge >= 0.3 is 12.2 Å². The van der Waals surface area contributed by atoms with Gasteiger partial charge in [-0.15, -0.1) is 0 Å². The van der Waals surface area contributed by atoms with Crippen molar-refractivity contribution in [2.75, 3.05) is 0 Å². The third-order valence-electron chi connectivity index (χ3n) is 1.07. The molecule has 0 unspecified atom stereocenters. The van der Waals surface area contributed by atoms with Gasteiger partial charge in [-0.1, -0.05) is 0 Å². The molecule has 0 N–H and O–H groups in total. The first kappa shape index (κ1) is 9.59. The van der Waals surface area contributed by atoms with Crippen LogP contribution in [0.15, 0.2) is 0 Å². The fourth-order valence-corrected chi connectivity index (χ4v) is 0.527. The van der Waals surface area contributed by atoms with E-state index in [1.54, 1.807) is 0 Å². The van der Waals surface area contributed by atoms with Crippen molar-refractivity contribution in [1.29, 1.82) is 0 Å². The first-order valence-electron chi connectivity index (χ1n) is 2.66. The van der Waals surface area contributed by atoms with E-state index in [0.29, 0.717) is 0 Å². The van der Waals surface area contributed by atoms with Crippen molar-refractivity contribution in [3.05, 3.63) is 0 Å². The quantitative estimate of drug-likeness (QED) is 0.550. The highest BCUT2D eigenvalue weighted by atomic mass is 19.3. The Balaban J connectivity index is 2.80. The van der Waals surface area contributed by atoms with Crippen LogP contribution >= 0.6 is 0 Å². The van der Waals surface area contributed by atoms with E-state index in [1.807, 2.05) is 0 Å². The fraction of sp³-hybridized carbons (Fsp3) is 1.00. The van der Waals surface area contributed by atoms with E-state index in [-0.39, 0.29) is 0 Å². The third-order valence-corrected chi connectivity index (χ3v) is 1.07. The molecule has 8 heteroatoms. The molecule has 1 aliphatic heterocycles. The van der Waals surface area contributed by atoms with Crippen LogP contribution in [-0.4, -0.2) is 24.9 Å². The van der Waals surface area contributed by atoms with Gasteiger partial charge in [-0.05, 0) is 0 Å². The molecule has 0 bridgehead atoms. The lowest BCUT2D eigenvalue weighted by atomic mass is 10.5. The van der Waals surface area contributed by atoms with E-state index in [4.69, 9.17) is 0 Å². The summed E-state index contributed by atoms with van der Waals surface area (Å²) in [6, 6.07) is 0. The van der Waals surface area contributed by atoms with Gasteiger partial charge in [-0.25, -0.2) is 8.78 Å². The molecule has 0 radical (unpaired) electrons. The van der Waals surface area contributed by atoms with Gasteiger partial charge in [-0.2, -0.15) is 17.6 Å². The minimum Gasteiger partial charge on any atom is -0.273 e. The molecule has 0 aromatic heterocycles. The Morgan fingerprint density at radius 2 is 1.00 bits per heavy atom. The number of alkyl halides is 6. The van der Waals surface area contributed by atoms with Gasteiger partial charge in [0.15, 0.2) is 0 Å². The first-order valence-corrected chi connectivity index (χ1v) is 2.66. The van der Waals surface area contributed by atoms with Gasteiger partial charge in [0.25, 0.3) is 12.7 Å². The maximum atomic E-state index is 11.9. The lowest BCUT2D eigenvalue weighted by Crippen LogP contribution is -2.55. The predicted molar refractivity (Wildman–Crippen MR) is 21.9 cm³/mol. The van der Waals surface area contributed by atoms with Gasteiger partial charge in [0, 0.05) is 0 Å². The fourth-order valence-electron chi connectivity index (χ4n) is 0.527. The topological polar surface area (TPSA) is 18.5 Å². The molecule has 0 spiro atoms. The van der Waals surface area contributed by atoms with Crippen LogP contribution in [0.5, 0.6) is 0 Å². The molecule has 0 saturated carbocycles. The van der Waals surface area contributed by atoms with Gasteiger partial charge in [0.2, 0.25) is 0 Å². The van der Waals surface area contributed by atoms with Crippen molar-refractivity contribution in [2.24, 2.45) is 0 Å². The molecular weight excluding hydrogens is 194 g/mol. The van der Waals surface area contributed by atoms with Gasteiger partial charge in [0.05, 0.1) is 0 Å². The maximum Gasteiger partial charge on any atom is 0.451 e. The van der Waals surface area contributed by atoms with Crippen molar-refractivity contribution in [1.82, 2.24) is 0 Å². The summed E-state index contributed by atoms with van der Waals surface area (Å²) in [6.07, 6.45) is -16.7. The molecule has 2 nitrogen and oxygen atoms in total. The predicted octanol–water partition coefficient (Wildman–Crippen LogP) is 1.81. The minimum absolute atomic E-state index is 2.75. The Bertz CT molecular complexity index is 162. The van der Waals surface area contributed by atoms with Crippen LogP contribution in [-0.2, 0) is 9.47 Å². The molecule has 1 rings (SSSR count). The molecule has 0 amide bonds. The van der Waals surface area contributed by atoms with E-state index in [0.717, 1.165) is 0 Å². The van der Waals surface area contributed by atoms with E-state index in [2.05, 4.69) is 9.47 Å². The molecule has 1 saturated heterocycles. The number of rotatable bonds is 0. The molecule has 0 aromatic rings. The second-order valence-electron chi connectivity index (χ2n) is 1.97. The summed E-state index contributed by atoms with van der Waals surface area (Å²) in [7, 11) is 0. The van der Waals surface area contributed by atoms with Crippen molar-refractivity contribution in [3.63, 3.8) is 0 Å². The molecule has 12 heavy (non-hydrogen) atoms. The molecule has 2 atom stereocenters. The Morgan fingerprint density at radius 1 is 0.750 bits per heavy atom. The summed E-state index contributed by atoms with van der Waals surface area (Å²) < 4.78 is 76.9. The summed E-state index contributed by atoms with van der Waals surface area (Å²) in [4.78, 5) is 0. The molecule has 1 heterocycles. The monoisotopic (exact) mass is 196 g/mol. The van der Waals surface area contributed by atoms with Gasteiger partial charge < -0.3 is 0 Å². The van der Waals surface area contributed by atoms with Gasteiger partial charge in [0.1, 0.15) is 0 Å². The standard InChI is InChI=1S/C4H2F6O2/c5-1-2(6)12-4(9,10)3(7,8)11-1/h1-2H/t1-,2+. The van der Waals surface area contributed by atoms with Crippen molar-refractivity contribution >= 4 is 0 Å². The summed E-state index contributed by atoms with van der Waals surface area (Å²) in [5, 5.41) is 0. The van der Waals surface area contributed by atoms with Crippen LogP contribution in [0.2, 0.25) is 0 Å². The van der Waals surface area contributed by atoms with Crippen molar-refractivity contribution < 1.29 is 35.8 Å². The summed E-state index contributed by atoms with van der Waals surface area (Å²) >= 11 is 0. The van der Waals surface area contributed by atoms with Crippen LogP contribution in [0, 0.1) is 0 Å². The lowest BCUT2D eigenvalue weighted by Gasteiger charge is -2.33. The molecule has 1 fully saturated rings. The SMILES string of the molecule is F[C@@H]1OC(F)(F)C(F)(F)O[C@@H]1F. The maximum absolute atomic E-state index is 11.9. The van der Waals surface area contributed by atoms with Crippen LogP contribution in [0.25, 0.3) is 0 Å². The highest BCUT2D eigenvalue weighted by Crippen LogP contribution is 2.43. The number of hydrogen-bond acceptors (Lipinski definition) is 2. The molecular formula is C4H2F6O2. The van der Waals surface area contributed by atoms with Crippen LogP contribution in [0.3, 0.4) is 0 Å². The number of ether oxygens (including phenoxy) is 2. The van der Waals surface area contributed by atoms with Crippen molar-refractivity contribution in [2.45, 2.75) is 24.9 Å². The lowest BCUT2D eigenvalue weighted by molar-refractivity contribution is -0.514. The zero-order valence-electron chi connectivity index (χ0n) is 5.24. The summed E-state index contributed by atoms with van der Waals surface area (Å²) in [6.45, 7) is 0. The Labute approximate surface area is 62.0 Å². The summed E-state index contributed by atoms with van der Waals surface area (Å²) in [5.74, 6) is 0. The second-order valence-corrected chi connectivity index (χ2v) is 1.97. The average molecular weight is 196 g/mol. The van der Waals surface area contributed by atoms with E-state index in [1.165, 1.54) is 0 Å². The zero-order chi connectivity index (χ0) is 9.57. The highest BCUT2D eigenvalue weighted by Gasteiger charge is 2.67. The minimum atomic E-state index is -5.14. The van der Waals surface area contributed by atoms with E-state index >= 15 is 0 Å². The number of hydrogen-bond donors (Lipinski definition) is 0. The summed E-state index contributed by atoms with van der Waals surface area (Å²) in [5.41, 5.74) is 0. The highest BCUT2D eigenvalue weighted by molar-refractivity contribution is 4.73. The van der Waals surface area contributed by atoms with Crippen LogP contribution < -0.4 is 0 Å². The normalized spacial score (nSPS) is 39.5. The Hall–Kier alpha value is -0.500. The molecule has 0 aliphatic carbocycles. The molecule has 0 aromatic carbocycles. The number of halogens is 6. The largest absolute Gasteiger partial charge is 0.451 e. The van der Waals surface area contributed by atoms with Crippen LogP contribution in [0.4, 0.5) is 26.3 Å². The third kappa shape index (κ3) is 1.36.